The highest BCUT2D eigenvalue weighted by atomic mass is 17.3. The van der Waals surface area contributed by atoms with Gasteiger partial charge in [0.05, 0.1) is 16.6 Å². The van der Waals surface area contributed by atoms with Crippen molar-refractivity contribution in [2.75, 3.05) is 6.61 Å². The van der Waals surface area contributed by atoms with Crippen LogP contribution in [0.2, 0.25) is 0 Å². The first-order valence-corrected chi connectivity index (χ1v) is 7.28. The highest BCUT2D eigenvalue weighted by Crippen LogP contribution is 2.43. The highest BCUT2D eigenvalue weighted by molar-refractivity contribution is 5.89. The summed E-state index contributed by atoms with van der Waals surface area (Å²) in [4.78, 5) is 32.8. The van der Waals surface area contributed by atoms with Gasteiger partial charge in [-0.2, -0.15) is 0 Å². The summed E-state index contributed by atoms with van der Waals surface area (Å²) >= 11 is 0. The van der Waals surface area contributed by atoms with Crippen molar-refractivity contribution < 1.29 is 29.0 Å². The van der Waals surface area contributed by atoms with Gasteiger partial charge in [-0.15, -0.1) is 0 Å². The van der Waals surface area contributed by atoms with Crippen LogP contribution < -0.4 is 0 Å². The standard InChI is InChI=1S/C15H17NO7/c1-14(12-7-8-15(2,21-12)23-22-14)9-20-13(17)10-3-5-11(6-4-10)16(18)19/h3-6,12H,7-9H2,1-2H3/t12-,14+,15-/m1/s1. The van der Waals surface area contributed by atoms with E-state index in [-0.39, 0.29) is 24.0 Å². The summed E-state index contributed by atoms with van der Waals surface area (Å²) in [6.07, 6.45) is 1.25. The average Bonchev–Trinajstić information content (AvgIpc) is 2.89. The Balaban J connectivity index is 1.61. The summed E-state index contributed by atoms with van der Waals surface area (Å²) in [5.41, 5.74) is -0.740. The van der Waals surface area contributed by atoms with Gasteiger partial charge in [-0.3, -0.25) is 10.1 Å². The predicted molar refractivity (Wildman–Crippen MR) is 76.5 cm³/mol. The minimum atomic E-state index is -0.882. The number of fused-ring (bicyclic) bond motifs is 2. The fourth-order valence-corrected chi connectivity index (χ4v) is 2.67. The van der Waals surface area contributed by atoms with Crippen molar-refractivity contribution in [1.82, 2.24) is 0 Å². The van der Waals surface area contributed by atoms with E-state index in [1.807, 2.05) is 0 Å². The third-order valence-corrected chi connectivity index (χ3v) is 4.15. The molecule has 124 valence electrons. The Morgan fingerprint density at radius 3 is 2.70 bits per heavy atom. The summed E-state index contributed by atoms with van der Waals surface area (Å²) in [6.45, 7) is 3.52. The number of benzene rings is 1. The first-order valence-electron chi connectivity index (χ1n) is 7.28. The van der Waals surface area contributed by atoms with Crippen LogP contribution in [0.4, 0.5) is 5.69 Å². The maximum atomic E-state index is 12.0. The number of nitrogens with zero attached hydrogens (tertiary/aromatic N) is 1. The van der Waals surface area contributed by atoms with E-state index in [9.17, 15) is 14.9 Å². The Morgan fingerprint density at radius 1 is 1.35 bits per heavy atom. The maximum Gasteiger partial charge on any atom is 0.338 e. The number of nitro benzene ring substituents is 1. The van der Waals surface area contributed by atoms with E-state index in [0.717, 1.165) is 6.42 Å². The van der Waals surface area contributed by atoms with E-state index < -0.39 is 22.3 Å². The van der Waals surface area contributed by atoms with Crippen molar-refractivity contribution in [2.45, 2.75) is 44.2 Å². The lowest BCUT2D eigenvalue weighted by atomic mass is 9.97. The molecule has 2 aliphatic heterocycles. The molecule has 3 atom stereocenters. The van der Waals surface area contributed by atoms with E-state index in [1.54, 1.807) is 13.8 Å². The summed E-state index contributed by atoms with van der Waals surface area (Å²) in [5.74, 6) is -1.32. The molecule has 0 radical (unpaired) electrons. The number of hydrogen-bond acceptors (Lipinski definition) is 7. The Hall–Kier alpha value is -2.03. The van der Waals surface area contributed by atoms with Crippen LogP contribution in [0, 0.1) is 10.1 Å². The molecule has 1 aromatic rings. The van der Waals surface area contributed by atoms with Gasteiger partial charge in [-0.25, -0.2) is 14.6 Å². The molecule has 2 bridgehead atoms. The largest absolute Gasteiger partial charge is 0.459 e. The summed E-state index contributed by atoms with van der Waals surface area (Å²) in [6, 6.07) is 5.21. The van der Waals surface area contributed by atoms with Gasteiger partial charge in [-0.05, 0) is 32.4 Å². The molecule has 0 aromatic heterocycles. The topological polar surface area (TPSA) is 97.1 Å². The van der Waals surface area contributed by atoms with Crippen molar-refractivity contribution >= 4 is 11.7 Å². The van der Waals surface area contributed by atoms with Crippen LogP contribution in [0.25, 0.3) is 0 Å². The number of non-ortho nitro benzene ring substituents is 1. The molecule has 1 aromatic carbocycles. The van der Waals surface area contributed by atoms with E-state index in [0.29, 0.717) is 6.42 Å². The number of esters is 1. The number of nitro groups is 1. The number of rotatable bonds is 4. The van der Waals surface area contributed by atoms with Crippen LogP contribution in [-0.4, -0.2) is 35.0 Å². The van der Waals surface area contributed by atoms with Crippen molar-refractivity contribution in [3.63, 3.8) is 0 Å². The molecular formula is C15H17NO7. The number of carbonyl (C=O) groups is 1. The minimum absolute atomic E-state index is 0.0381. The van der Waals surface area contributed by atoms with E-state index in [1.165, 1.54) is 24.3 Å². The van der Waals surface area contributed by atoms with Gasteiger partial charge in [0.25, 0.3) is 5.69 Å². The molecule has 2 saturated heterocycles. The van der Waals surface area contributed by atoms with Gasteiger partial charge in [0, 0.05) is 18.6 Å². The SMILES string of the molecule is C[C@@]12CC[C@@H](O1)[C@](C)(COC(=O)c1ccc([N+](=O)[O-])cc1)OO2. The van der Waals surface area contributed by atoms with Gasteiger partial charge in [0.2, 0.25) is 0 Å². The van der Waals surface area contributed by atoms with E-state index >= 15 is 0 Å². The fraction of sp³-hybridized carbons (Fsp3) is 0.533. The van der Waals surface area contributed by atoms with Crippen molar-refractivity contribution in [3.05, 3.63) is 39.9 Å². The van der Waals surface area contributed by atoms with Crippen LogP contribution in [0.3, 0.4) is 0 Å². The Morgan fingerprint density at radius 2 is 2.04 bits per heavy atom. The molecule has 0 aliphatic carbocycles. The molecule has 2 fully saturated rings. The first kappa shape index (κ1) is 15.9. The van der Waals surface area contributed by atoms with Crippen LogP contribution in [0.5, 0.6) is 0 Å². The zero-order chi connectivity index (χ0) is 16.7. The third-order valence-electron chi connectivity index (χ3n) is 4.15. The zero-order valence-corrected chi connectivity index (χ0v) is 12.8. The smallest absolute Gasteiger partial charge is 0.338 e. The molecule has 0 saturated carbocycles. The highest BCUT2D eigenvalue weighted by Gasteiger charge is 2.54. The molecule has 0 N–H and O–H groups in total. The number of hydrogen-bond donors (Lipinski definition) is 0. The second kappa shape index (κ2) is 5.55. The minimum Gasteiger partial charge on any atom is -0.459 e. The molecule has 0 unspecified atom stereocenters. The molecular weight excluding hydrogens is 306 g/mol. The second-order valence-electron chi connectivity index (χ2n) is 6.14. The number of carbonyl (C=O) groups excluding carboxylic acids is 1. The summed E-state index contributed by atoms with van der Waals surface area (Å²) < 4.78 is 11.0. The van der Waals surface area contributed by atoms with E-state index in [2.05, 4.69) is 0 Å². The average molecular weight is 323 g/mol. The Bertz CT molecular complexity index is 631. The fourth-order valence-electron chi connectivity index (χ4n) is 2.67. The van der Waals surface area contributed by atoms with Crippen LogP contribution in [-0.2, 0) is 19.2 Å². The molecule has 0 spiro atoms. The monoisotopic (exact) mass is 323 g/mol. The van der Waals surface area contributed by atoms with Gasteiger partial charge in [0.1, 0.15) is 6.61 Å². The lowest BCUT2D eigenvalue weighted by Gasteiger charge is -2.40. The van der Waals surface area contributed by atoms with Crippen LogP contribution >= 0.6 is 0 Å². The quantitative estimate of drug-likeness (QED) is 0.363. The molecule has 2 aliphatic rings. The molecule has 8 nitrogen and oxygen atoms in total. The lowest BCUT2D eigenvalue weighted by molar-refractivity contribution is -0.505. The first-order chi connectivity index (χ1) is 10.8. The van der Waals surface area contributed by atoms with Crippen molar-refractivity contribution in [2.24, 2.45) is 0 Å². The lowest BCUT2D eigenvalue weighted by Crippen LogP contribution is -2.53. The summed E-state index contributed by atoms with van der Waals surface area (Å²) in [5, 5.41) is 10.6. The van der Waals surface area contributed by atoms with Crippen molar-refractivity contribution in [3.8, 4) is 0 Å². The van der Waals surface area contributed by atoms with Crippen LogP contribution in [0.15, 0.2) is 24.3 Å². The zero-order valence-electron chi connectivity index (χ0n) is 12.8. The second-order valence-corrected chi connectivity index (χ2v) is 6.14. The molecule has 2 heterocycles. The Kier molecular flexibility index (Phi) is 3.83. The Labute approximate surface area is 132 Å². The molecule has 3 rings (SSSR count). The van der Waals surface area contributed by atoms with Gasteiger partial charge in [0.15, 0.2) is 11.4 Å². The van der Waals surface area contributed by atoms with Gasteiger partial charge in [-0.1, -0.05) is 0 Å². The third kappa shape index (κ3) is 3.05. The van der Waals surface area contributed by atoms with Crippen LogP contribution in [0.1, 0.15) is 37.0 Å². The van der Waals surface area contributed by atoms with E-state index in [4.69, 9.17) is 19.2 Å². The molecule has 8 heteroatoms. The van der Waals surface area contributed by atoms with Crippen molar-refractivity contribution in [1.29, 1.82) is 0 Å². The summed E-state index contributed by atoms with van der Waals surface area (Å²) in [7, 11) is 0. The predicted octanol–water partition coefficient (Wildman–Crippen LogP) is 2.37. The molecule has 23 heavy (non-hydrogen) atoms. The number of ether oxygens (including phenoxy) is 2. The molecule has 0 amide bonds. The maximum absolute atomic E-state index is 12.0. The normalized spacial score (nSPS) is 32.5. The van der Waals surface area contributed by atoms with Gasteiger partial charge < -0.3 is 9.47 Å². The van der Waals surface area contributed by atoms with Gasteiger partial charge >= 0.3 is 5.97 Å².